The van der Waals surface area contributed by atoms with Crippen molar-refractivity contribution in [1.29, 1.82) is 0 Å². The maximum Gasteiger partial charge on any atom is 0.410 e. The molecule has 1 amide bonds. The SMILES string of the molecule is NC1=NC2(CO1)c1cc(-c3cccnc3F)ccc1O[C@H]1CCN(C(=O)OCc3ccccc3)C[C@@H]12. The Bertz CT molecular complexity index is 1330. The number of amidine groups is 1. The molecule has 4 heterocycles. The highest BCUT2D eigenvalue weighted by Crippen LogP contribution is 2.51. The minimum absolute atomic E-state index is 0.0864. The number of nitrogens with two attached hydrogens (primary N) is 1. The minimum atomic E-state index is -0.866. The summed E-state index contributed by atoms with van der Waals surface area (Å²) < 4.78 is 32.1. The molecule has 1 spiro atoms. The van der Waals surface area contributed by atoms with E-state index in [-0.39, 0.29) is 37.4 Å². The number of piperidine rings is 1. The van der Waals surface area contributed by atoms with Gasteiger partial charge >= 0.3 is 6.09 Å². The standard InChI is InChI=1S/C27H25FN4O4/c28-24-19(7-4-11-30-24)18-8-9-22-20(13-18)27(16-35-25(29)31-27)21-14-32(12-10-23(21)36-22)26(33)34-15-17-5-2-1-3-6-17/h1-9,11,13,21,23H,10,12,14-16H2,(H2,29,31)/t21-,23-,27?/m0/s1. The van der Waals surface area contributed by atoms with E-state index < -0.39 is 11.5 Å². The van der Waals surface area contributed by atoms with Crippen molar-refractivity contribution in [2.24, 2.45) is 16.6 Å². The van der Waals surface area contributed by atoms with Crippen LogP contribution in [0.3, 0.4) is 0 Å². The van der Waals surface area contributed by atoms with Gasteiger partial charge in [0, 0.05) is 42.8 Å². The van der Waals surface area contributed by atoms with Gasteiger partial charge in [0.1, 0.15) is 30.6 Å². The van der Waals surface area contributed by atoms with Crippen LogP contribution in [-0.4, -0.2) is 47.8 Å². The van der Waals surface area contributed by atoms with Crippen LogP contribution in [0.5, 0.6) is 5.75 Å². The number of carbonyl (C=O) groups is 1. The fourth-order valence-corrected chi connectivity index (χ4v) is 5.38. The molecule has 0 aliphatic carbocycles. The number of aromatic nitrogens is 1. The number of benzene rings is 2. The fourth-order valence-electron chi connectivity index (χ4n) is 5.38. The van der Waals surface area contributed by atoms with E-state index >= 15 is 0 Å². The molecule has 1 saturated heterocycles. The Labute approximate surface area is 207 Å². The van der Waals surface area contributed by atoms with Crippen molar-refractivity contribution in [3.8, 4) is 16.9 Å². The highest BCUT2D eigenvalue weighted by atomic mass is 19.1. The highest BCUT2D eigenvalue weighted by molar-refractivity contribution is 5.76. The summed E-state index contributed by atoms with van der Waals surface area (Å²) in [4.78, 5) is 23.2. The first-order chi connectivity index (χ1) is 17.5. The van der Waals surface area contributed by atoms with Crippen molar-refractivity contribution in [2.75, 3.05) is 19.7 Å². The van der Waals surface area contributed by atoms with E-state index in [1.54, 1.807) is 17.0 Å². The molecule has 9 heteroatoms. The zero-order valence-corrected chi connectivity index (χ0v) is 19.5. The molecule has 2 N–H and O–H groups in total. The van der Waals surface area contributed by atoms with Crippen molar-refractivity contribution < 1.29 is 23.4 Å². The van der Waals surface area contributed by atoms with Gasteiger partial charge in [0.05, 0.1) is 0 Å². The Balaban J connectivity index is 1.31. The Kier molecular flexibility index (Phi) is 5.47. The largest absolute Gasteiger partial charge is 0.490 e. The number of aliphatic imine (C=N–C) groups is 1. The summed E-state index contributed by atoms with van der Waals surface area (Å²) in [7, 11) is 0. The molecular weight excluding hydrogens is 463 g/mol. The van der Waals surface area contributed by atoms with Crippen molar-refractivity contribution >= 4 is 12.1 Å². The van der Waals surface area contributed by atoms with E-state index in [0.717, 1.165) is 11.1 Å². The number of hydrogen-bond donors (Lipinski definition) is 1. The lowest BCUT2D eigenvalue weighted by Crippen LogP contribution is -2.58. The number of rotatable bonds is 3. The number of hydrogen-bond acceptors (Lipinski definition) is 7. The third-order valence-electron chi connectivity index (χ3n) is 7.17. The van der Waals surface area contributed by atoms with Crippen molar-refractivity contribution in [3.63, 3.8) is 0 Å². The number of ether oxygens (including phenoxy) is 3. The number of halogens is 1. The molecule has 184 valence electrons. The van der Waals surface area contributed by atoms with Gasteiger partial charge in [0.15, 0.2) is 0 Å². The second kappa shape index (κ2) is 8.82. The zero-order valence-electron chi connectivity index (χ0n) is 19.5. The summed E-state index contributed by atoms with van der Waals surface area (Å²) in [5.74, 6) is -0.124. The first-order valence-electron chi connectivity index (χ1n) is 11.9. The van der Waals surface area contributed by atoms with Gasteiger partial charge in [0.2, 0.25) is 5.95 Å². The monoisotopic (exact) mass is 488 g/mol. The molecule has 3 aliphatic rings. The van der Waals surface area contributed by atoms with Gasteiger partial charge in [0.25, 0.3) is 6.02 Å². The predicted octanol–water partition coefficient (Wildman–Crippen LogP) is 3.85. The normalized spacial score (nSPS) is 24.2. The lowest BCUT2D eigenvalue weighted by molar-refractivity contribution is -0.0234. The lowest BCUT2D eigenvalue weighted by Gasteiger charge is -2.48. The average molecular weight is 489 g/mol. The van der Waals surface area contributed by atoms with Crippen LogP contribution in [0.15, 0.2) is 71.9 Å². The first kappa shape index (κ1) is 22.3. The molecule has 3 atom stereocenters. The summed E-state index contributed by atoms with van der Waals surface area (Å²) >= 11 is 0. The van der Waals surface area contributed by atoms with E-state index in [9.17, 15) is 9.18 Å². The third kappa shape index (κ3) is 3.80. The Hall–Kier alpha value is -4.14. The fraction of sp³-hybridized carbons (Fsp3) is 0.296. The van der Waals surface area contributed by atoms with Gasteiger partial charge in [-0.15, -0.1) is 0 Å². The highest BCUT2D eigenvalue weighted by Gasteiger charge is 2.56. The van der Waals surface area contributed by atoms with Gasteiger partial charge in [-0.3, -0.25) is 0 Å². The van der Waals surface area contributed by atoms with Gasteiger partial charge in [-0.1, -0.05) is 36.4 Å². The first-order valence-corrected chi connectivity index (χ1v) is 11.9. The number of likely N-dealkylation sites (tertiary alicyclic amines) is 1. The number of nitrogens with zero attached hydrogens (tertiary/aromatic N) is 3. The van der Waals surface area contributed by atoms with Gasteiger partial charge in [-0.25, -0.2) is 14.8 Å². The minimum Gasteiger partial charge on any atom is -0.490 e. The lowest BCUT2D eigenvalue weighted by atomic mass is 9.71. The van der Waals surface area contributed by atoms with Crippen LogP contribution in [-0.2, 0) is 21.6 Å². The van der Waals surface area contributed by atoms with Gasteiger partial charge in [-0.05, 0) is 35.4 Å². The molecule has 3 aromatic rings. The maximum atomic E-state index is 14.5. The Morgan fingerprint density at radius 1 is 1.19 bits per heavy atom. The summed E-state index contributed by atoms with van der Waals surface area (Å²) in [5.41, 5.74) is 7.85. The van der Waals surface area contributed by atoms with Crippen LogP contribution in [0, 0.1) is 11.9 Å². The van der Waals surface area contributed by atoms with E-state index in [0.29, 0.717) is 36.4 Å². The molecule has 1 fully saturated rings. The van der Waals surface area contributed by atoms with Gasteiger partial charge in [-0.2, -0.15) is 4.39 Å². The predicted molar refractivity (Wildman–Crippen MR) is 130 cm³/mol. The van der Waals surface area contributed by atoms with E-state index in [1.165, 1.54) is 6.20 Å². The number of pyridine rings is 1. The molecule has 0 saturated carbocycles. The molecule has 3 aliphatic heterocycles. The Morgan fingerprint density at radius 2 is 2.06 bits per heavy atom. The zero-order chi connectivity index (χ0) is 24.7. The van der Waals surface area contributed by atoms with Crippen LogP contribution < -0.4 is 10.5 Å². The summed E-state index contributed by atoms with van der Waals surface area (Å²) in [5, 5.41) is 0. The van der Waals surface area contributed by atoms with E-state index in [4.69, 9.17) is 24.9 Å². The van der Waals surface area contributed by atoms with Crippen molar-refractivity contribution in [2.45, 2.75) is 24.7 Å². The molecule has 1 unspecified atom stereocenters. The molecule has 2 aromatic carbocycles. The molecule has 36 heavy (non-hydrogen) atoms. The van der Waals surface area contributed by atoms with Crippen LogP contribution in [0.25, 0.3) is 11.1 Å². The van der Waals surface area contributed by atoms with E-state index in [1.807, 2.05) is 48.5 Å². The van der Waals surface area contributed by atoms with E-state index in [2.05, 4.69) is 4.98 Å². The quantitative estimate of drug-likeness (QED) is 0.563. The number of amides is 1. The molecule has 0 radical (unpaired) electrons. The summed E-state index contributed by atoms with van der Waals surface area (Å²) in [6.45, 7) is 1.27. The molecule has 6 rings (SSSR count). The molecule has 1 aromatic heterocycles. The van der Waals surface area contributed by atoms with Crippen molar-refractivity contribution in [1.82, 2.24) is 9.88 Å². The average Bonchev–Trinajstić information content (AvgIpc) is 3.30. The maximum absolute atomic E-state index is 14.5. The Morgan fingerprint density at radius 3 is 2.83 bits per heavy atom. The van der Waals surface area contributed by atoms with Crippen LogP contribution >= 0.6 is 0 Å². The molecule has 8 nitrogen and oxygen atoms in total. The molecular formula is C27H25FN4O4. The summed E-state index contributed by atoms with van der Waals surface area (Å²) in [6.07, 6.45) is 1.45. The smallest absolute Gasteiger partial charge is 0.410 e. The second-order valence-corrected chi connectivity index (χ2v) is 9.25. The van der Waals surface area contributed by atoms with Crippen molar-refractivity contribution in [3.05, 3.63) is 83.9 Å². The van der Waals surface area contributed by atoms with Crippen LogP contribution in [0.1, 0.15) is 17.5 Å². The second-order valence-electron chi connectivity index (χ2n) is 9.25. The summed E-state index contributed by atoms with van der Waals surface area (Å²) in [6, 6.07) is 18.5. The van der Waals surface area contributed by atoms with Crippen LogP contribution in [0.4, 0.5) is 9.18 Å². The topological polar surface area (TPSA) is 99.3 Å². The number of fused-ring (bicyclic) bond motifs is 4. The molecule has 0 bridgehead atoms. The van der Waals surface area contributed by atoms with Crippen LogP contribution in [0.2, 0.25) is 0 Å². The third-order valence-corrected chi connectivity index (χ3v) is 7.17. The van der Waals surface area contributed by atoms with Gasteiger partial charge < -0.3 is 24.8 Å². The number of carbonyl (C=O) groups excluding carboxylic acids is 1.